The highest BCUT2D eigenvalue weighted by atomic mass is 15.2. The van der Waals surface area contributed by atoms with Gasteiger partial charge in [0.25, 0.3) is 0 Å². The van der Waals surface area contributed by atoms with Gasteiger partial charge in [-0.2, -0.15) is 0 Å². The van der Waals surface area contributed by atoms with E-state index in [0.717, 1.165) is 32.4 Å². The molecule has 0 atom stereocenters. The molecular formula is C11H22N2. The van der Waals surface area contributed by atoms with Crippen molar-refractivity contribution < 1.29 is 0 Å². The molecule has 0 aliphatic heterocycles. The summed E-state index contributed by atoms with van der Waals surface area (Å²) in [6, 6.07) is 0. The molecule has 0 aliphatic carbocycles. The predicted molar refractivity (Wildman–Crippen MR) is 60.3 cm³/mol. The smallest absolute Gasteiger partial charge is 0.0985 e. The first-order valence-corrected chi connectivity index (χ1v) is 5.11. The number of hydrogen-bond acceptors (Lipinski definition) is 1. The number of allylic oxidation sites excluding steroid dienone is 1. The minimum Gasteiger partial charge on any atom is -0.361 e. The van der Waals surface area contributed by atoms with Crippen LogP contribution < -0.4 is 0 Å². The van der Waals surface area contributed by atoms with Crippen molar-refractivity contribution in [2.24, 2.45) is 4.99 Å². The van der Waals surface area contributed by atoms with Gasteiger partial charge in [-0.05, 0) is 26.7 Å². The van der Waals surface area contributed by atoms with Crippen molar-refractivity contribution in [2.45, 2.75) is 33.1 Å². The Kier molecular flexibility index (Phi) is 7.36. The molecule has 0 saturated carbocycles. The molecule has 76 valence electrons. The molecule has 0 rings (SSSR count). The van der Waals surface area contributed by atoms with Gasteiger partial charge >= 0.3 is 0 Å². The monoisotopic (exact) mass is 182 g/mol. The Labute approximate surface area is 82.4 Å². The van der Waals surface area contributed by atoms with Gasteiger partial charge in [-0.1, -0.05) is 6.08 Å². The van der Waals surface area contributed by atoms with Gasteiger partial charge < -0.3 is 4.90 Å². The van der Waals surface area contributed by atoms with Crippen LogP contribution in [-0.4, -0.2) is 30.9 Å². The van der Waals surface area contributed by atoms with Crippen molar-refractivity contribution in [1.29, 1.82) is 0 Å². The lowest BCUT2D eigenvalue weighted by Gasteiger charge is -2.22. The van der Waals surface area contributed by atoms with E-state index in [1.165, 1.54) is 5.84 Å². The van der Waals surface area contributed by atoms with Crippen molar-refractivity contribution in [3.63, 3.8) is 0 Å². The quantitative estimate of drug-likeness (QED) is 0.267. The third-order valence-corrected chi connectivity index (χ3v) is 2.20. The summed E-state index contributed by atoms with van der Waals surface area (Å²) < 4.78 is 0. The van der Waals surface area contributed by atoms with E-state index in [0.29, 0.717) is 0 Å². The highest BCUT2D eigenvalue weighted by molar-refractivity contribution is 5.82. The standard InChI is InChI=1S/C11H22N2/c1-5-8-9-10-11(12-4)13(6-2)7-3/h5H,1,6-10H2,2-4H3. The van der Waals surface area contributed by atoms with E-state index in [2.05, 4.69) is 30.3 Å². The molecule has 0 heterocycles. The molecule has 13 heavy (non-hydrogen) atoms. The van der Waals surface area contributed by atoms with Crippen LogP contribution in [0.2, 0.25) is 0 Å². The molecule has 2 nitrogen and oxygen atoms in total. The van der Waals surface area contributed by atoms with E-state index in [9.17, 15) is 0 Å². The molecule has 0 spiro atoms. The van der Waals surface area contributed by atoms with Gasteiger partial charge in [-0.15, -0.1) is 6.58 Å². The van der Waals surface area contributed by atoms with Gasteiger partial charge in [0.2, 0.25) is 0 Å². The lowest BCUT2D eigenvalue weighted by atomic mass is 10.2. The minimum atomic E-state index is 1.05. The maximum absolute atomic E-state index is 4.31. The molecule has 0 aromatic rings. The molecular weight excluding hydrogens is 160 g/mol. The Morgan fingerprint density at radius 2 is 2.00 bits per heavy atom. The van der Waals surface area contributed by atoms with Crippen LogP contribution in [0.15, 0.2) is 17.6 Å². The van der Waals surface area contributed by atoms with Crippen LogP contribution in [0.5, 0.6) is 0 Å². The number of aliphatic imine (C=N–C) groups is 1. The van der Waals surface area contributed by atoms with E-state index in [1.54, 1.807) is 0 Å². The van der Waals surface area contributed by atoms with E-state index < -0.39 is 0 Å². The molecule has 0 unspecified atom stereocenters. The highest BCUT2D eigenvalue weighted by Gasteiger charge is 2.04. The predicted octanol–water partition coefficient (Wildman–Crippen LogP) is 2.71. The number of amidine groups is 1. The van der Waals surface area contributed by atoms with Crippen molar-refractivity contribution >= 4 is 5.84 Å². The van der Waals surface area contributed by atoms with Crippen LogP contribution >= 0.6 is 0 Å². The van der Waals surface area contributed by atoms with Crippen LogP contribution in [0.1, 0.15) is 33.1 Å². The largest absolute Gasteiger partial charge is 0.361 e. The fourth-order valence-corrected chi connectivity index (χ4v) is 1.40. The second-order valence-corrected chi connectivity index (χ2v) is 2.99. The van der Waals surface area contributed by atoms with Gasteiger partial charge in [-0.25, -0.2) is 0 Å². The molecule has 0 aliphatic rings. The van der Waals surface area contributed by atoms with Crippen LogP contribution in [0.3, 0.4) is 0 Å². The molecule has 0 saturated heterocycles. The Balaban J connectivity index is 3.94. The van der Waals surface area contributed by atoms with Crippen molar-refractivity contribution in [3.05, 3.63) is 12.7 Å². The first-order chi connectivity index (χ1) is 6.29. The van der Waals surface area contributed by atoms with Gasteiger partial charge in [0.15, 0.2) is 0 Å². The second kappa shape index (κ2) is 7.84. The van der Waals surface area contributed by atoms with Crippen molar-refractivity contribution in [2.75, 3.05) is 20.1 Å². The number of hydrogen-bond donors (Lipinski definition) is 0. The van der Waals surface area contributed by atoms with E-state index >= 15 is 0 Å². The average molecular weight is 182 g/mol. The molecule has 0 radical (unpaired) electrons. The first-order valence-electron chi connectivity index (χ1n) is 5.11. The molecule has 0 aromatic carbocycles. The normalized spacial score (nSPS) is 11.5. The summed E-state index contributed by atoms with van der Waals surface area (Å²) >= 11 is 0. The molecule has 0 amide bonds. The Bertz CT molecular complexity index is 157. The topological polar surface area (TPSA) is 15.6 Å². The first kappa shape index (κ1) is 12.2. The summed E-state index contributed by atoms with van der Waals surface area (Å²) in [6.07, 6.45) is 5.28. The summed E-state index contributed by atoms with van der Waals surface area (Å²) in [7, 11) is 1.88. The van der Waals surface area contributed by atoms with Crippen LogP contribution in [0, 0.1) is 0 Å². The summed E-state index contributed by atoms with van der Waals surface area (Å²) in [4.78, 5) is 6.62. The molecule has 2 heteroatoms. The summed E-state index contributed by atoms with van der Waals surface area (Å²) in [5.74, 6) is 1.23. The SMILES string of the molecule is C=CCCCC(=NC)N(CC)CC. The summed E-state index contributed by atoms with van der Waals surface area (Å²) in [5, 5.41) is 0. The number of nitrogens with zero attached hydrogens (tertiary/aromatic N) is 2. The lowest BCUT2D eigenvalue weighted by Crippen LogP contribution is -2.30. The number of unbranched alkanes of at least 4 members (excludes halogenated alkanes) is 1. The highest BCUT2D eigenvalue weighted by Crippen LogP contribution is 2.02. The molecule has 0 N–H and O–H groups in total. The second-order valence-electron chi connectivity index (χ2n) is 2.99. The van der Waals surface area contributed by atoms with Crippen LogP contribution in [0.25, 0.3) is 0 Å². The maximum Gasteiger partial charge on any atom is 0.0985 e. The van der Waals surface area contributed by atoms with Crippen molar-refractivity contribution in [3.8, 4) is 0 Å². The fraction of sp³-hybridized carbons (Fsp3) is 0.727. The fourth-order valence-electron chi connectivity index (χ4n) is 1.40. The van der Waals surface area contributed by atoms with Gasteiger partial charge in [-0.3, -0.25) is 4.99 Å². The third kappa shape index (κ3) is 4.71. The Hall–Kier alpha value is -0.790. The summed E-state index contributed by atoms with van der Waals surface area (Å²) in [5.41, 5.74) is 0. The maximum atomic E-state index is 4.31. The van der Waals surface area contributed by atoms with E-state index in [-0.39, 0.29) is 0 Å². The molecule has 0 bridgehead atoms. The zero-order chi connectivity index (χ0) is 10.1. The van der Waals surface area contributed by atoms with Crippen molar-refractivity contribution in [1.82, 2.24) is 4.90 Å². The van der Waals surface area contributed by atoms with Gasteiger partial charge in [0.05, 0.1) is 5.84 Å². The Morgan fingerprint density at radius 1 is 1.38 bits per heavy atom. The molecule has 0 aromatic heterocycles. The zero-order valence-electron chi connectivity index (χ0n) is 9.21. The van der Waals surface area contributed by atoms with Gasteiger partial charge in [0.1, 0.15) is 0 Å². The molecule has 0 fully saturated rings. The van der Waals surface area contributed by atoms with Crippen LogP contribution in [-0.2, 0) is 0 Å². The Morgan fingerprint density at radius 3 is 2.38 bits per heavy atom. The summed E-state index contributed by atoms with van der Waals surface area (Å²) in [6.45, 7) is 10.2. The van der Waals surface area contributed by atoms with E-state index in [4.69, 9.17) is 0 Å². The number of rotatable bonds is 6. The average Bonchev–Trinajstić information content (AvgIpc) is 2.17. The zero-order valence-corrected chi connectivity index (χ0v) is 9.21. The third-order valence-electron chi connectivity index (χ3n) is 2.20. The minimum absolute atomic E-state index is 1.05. The van der Waals surface area contributed by atoms with Crippen LogP contribution in [0.4, 0.5) is 0 Å². The van der Waals surface area contributed by atoms with Gasteiger partial charge in [0, 0.05) is 26.6 Å². The van der Waals surface area contributed by atoms with E-state index in [1.807, 2.05) is 13.1 Å². The lowest BCUT2D eigenvalue weighted by molar-refractivity contribution is 0.452.